The van der Waals surface area contributed by atoms with Gasteiger partial charge in [0.1, 0.15) is 5.82 Å². The zero-order valence-corrected chi connectivity index (χ0v) is 10.9. The third-order valence-electron chi connectivity index (χ3n) is 2.62. The Hall–Kier alpha value is -1.42. The van der Waals surface area contributed by atoms with E-state index in [4.69, 9.17) is 12.2 Å². The number of anilines is 1. The van der Waals surface area contributed by atoms with Gasteiger partial charge in [-0.25, -0.2) is 4.39 Å². The number of benzene rings is 1. The molecule has 90 valence electrons. The van der Waals surface area contributed by atoms with Crippen LogP contribution < -0.4 is 10.2 Å². The van der Waals surface area contributed by atoms with Gasteiger partial charge in [0.15, 0.2) is 5.11 Å². The van der Waals surface area contributed by atoms with E-state index in [1.54, 1.807) is 6.07 Å². The lowest BCUT2D eigenvalue weighted by atomic mass is 10.0. The van der Waals surface area contributed by atoms with Crippen molar-refractivity contribution in [2.24, 2.45) is 0 Å². The van der Waals surface area contributed by atoms with E-state index >= 15 is 0 Å². The number of thiocarbonyl (C=S) groups is 1. The van der Waals surface area contributed by atoms with Crippen LogP contribution in [0.25, 0.3) is 0 Å². The van der Waals surface area contributed by atoms with Crippen LogP contribution in [0.5, 0.6) is 0 Å². The predicted octanol–water partition coefficient (Wildman–Crippen LogP) is 3.20. The number of nitrogens with zero attached hydrogens (tertiary/aromatic N) is 1. The van der Waals surface area contributed by atoms with E-state index < -0.39 is 0 Å². The Labute approximate surface area is 106 Å². The monoisotopic (exact) mass is 250 g/mol. The highest BCUT2D eigenvalue weighted by Crippen LogP contribution is 2.26. The lowest BCUT2D eigenvalue weighted by Crippen LogP contribution is -2.53. The minimum absolute atomic E-state index is 0.162. The van der Waals surface area contributed by atoms with Crippen molar-refractivity contribution in [1.82, 2.24) is 5.32 Å². The molecule has 0 bridgehead atoms. The summed E-state index contributed by atoms with van der Waals surface area (Å²) in [6.07, 6.45) is 2.08. The van der Waals surface area contributed by atoms with Gasteiger partial charge in [-0.3, -0.25) is 4.90 Å². The van der Waals surface area contributed by atoms with Crippen LogP contribution in [0.15, 0.2) is 36.0 Å². The van der Waals surface area contributed by atoms with E-state index in [0.717, 1.165) is 11.4 Å². The fraction of sp³-hybridized carbons (Fsp3) is 0.308. The number of rotatable bonds is 1. The molecule has 0 aromatic heterocycles. The zero-order chi connectivity index (χ0) is 12.6. The Kier molecular flexibility index (Phi) is 2.91. The van der Waals surface area contributed by atoms with E-state index in [9.17, 15) is 4.39 Å². The van der Waals surface area contributed by atoms with E-state index in [-0.39, 0.29) is 11.4 Å². The first-order valence-corrected chi connectivity index (χ1v) is 5.87. The number of allylic oxidation sites excluding steroid dienone is 1. The molecule has 1 N–H and O–H groups in total. The van der Waals surface area contributed by atoms with Gasteiger partial charge in [0.2, 0.25) is 0 Å². The summed E-state index contributed by atoms with van der Waals surface area (Å²) < 4.78 is 13.2. The van der Waals surface area contributed by atoms with Crippen LogP contribution in [0.4, 0.5) is 10.1 Å². The van der Waals surface area contributed by atoms with E-state index in [1.165, 1.54) is 12.1 Å². The molecule has 1 heterocycles. The summed E-state index contributed by atoms with van der Waals surface area (Å²) >= 11 is 5.33. The van der Waals surface area contributed by atoms with Crippen molar-refractivity contribution in [3.05, 3.63) is 41.9 Å². The smallest absolute Gasteiger partial charge is 0.178 e. The van der Waals surface area contributed by atoms with Crippen molar-refractivity contribution in [2.75, 3.05) is 4.90 Å². The number of halogens is 1. The second-order valence-electron chi connectivity index (χ2n) is 4.75. The molecule has 0 unspecified atom stereocenters. The number of hydrogen-bond donors (Lipinski definition) is 1. The van der Waals surface area contributed by atoms with Crippen LogP contribution in [0.2, 0.25) is 0 Å². The maximum absolute atomic E-state index is 13.2. The molecule has 0 saturated heterocycles. The van der Waals surface area contributed by atoms with Crippen molar-refractivity contribution in [3.8, 4) is 0 Å². The van der Waals surface area contributed by atoms with Crippen LogP contribution in [0, 0.1) is 5.82 Å². The Balaban J connectivity index is 2.43. The number of nitrogens with one attached hydrogen (secondary N) is 1. The van der Waals surface area contributed by atoms with Gasteiger partial charge in [-0.05, 0) is 57.3 Å². The molecule has 1 aliphatic heterocycles. The van der Waals surface area contributed by atoms with Crippen molar-refractivity contribution in [1.29, 1.82) is 0 Å². The molecule has 1 aliphatic rings. The summed E-state index contributed by atoms with van der Waals surface area (Å²) in [5.41, 5.74) is 1.58. The Morgan fingerprint density at radius 1 is 1.35 bits per heavy atom. The van der Waals surface area contributed by atoms with Gasteiger partial charge in [0.05, 0.1) is 11.2 Å². The summed E-state index contributed by atoms with van der Waals surface area (Å²) in [5, 5.41) is 3.81. The second-order valence-corrected chi connectivity index (χ2v) is 5.14. The molecule has 2 rings (SSSR count). The van der Waals surface area contributed by atoms with Crippen LogP contribution in [-0.2, 0) is 0 Å². The predicted molar refractivity (Wildman–Crippen MR) is 72.4 cm³/mol. The fourth-order valence-corrected chi connectivity index (χ4v) is 2.56. The second kappa shape index (κ2) is 4.11. The maximum atomic E-state index is 13.2. The Morgan fingerprint density at radius 3 is 2.65 bits per heavy atom. The van der Waals surface area contributed by atoms with Crippen LogP contribution in [0.3, 0.4) is 0 Å². The van der Waals surface area contributed by atoms with Crippen molar-refractivity contribution in [3.63, 3.8) is 0 Å². The summed E-state index contributed by atoms with van der Waals surface area (Å²) in [7, 11) is 0. The topological polar surface area (TPSA) is 15.3 Å². The van der Waals surface area contributed by atoms with Gasteiger partial charge in [-0.2, -0.15) is 0 Å². The molecule has 0 atom stereocenters. The fourth-order valence-electron chi connectivity index (χ4n) is 2.05. The first-order chi connectivity index (χ1) is 7.89. The first kappa shape index (κ1) is 12.0. The zero-order valence-electron chi connectivity index (χ0n) is 10.1. The molecule has 0 radical (unpaired) electrons. The van der Waals surface area contributed by atoms with Gasteiger partial charge in [0.25, 0.3) is 0 Å². The molecule has 1 aromatic carbocycles. The molecule has 0 amide bonds. The lowest BCUT2D eigenvalue weighted by Gasteiger charge is -2.38. The highest BCUT2D eigenvalue weighted by Gasteiger charge is 2.27. The van der Waals surface area contributed by atoms with Crippen LogP contribution >= 0.6 is 12.2 Å². The molecule has 1 aromatic rings. The molecule has 2 nitrogen and oxygen atoms in total. The van der Waals surface area contributed by atoms with Gasteiger partial charge < -0.3 is 5.32 Å². The summed E-state index contributed by atoms with van der Waals surface area (Å²) in [6, 6.07) is 6.42. The standard InChI is InChI=1S/C13H15FN2S/c1-9-8-13(2,3)15-12(17)16(9)11-6-4-5-10(14)7-11/h4-8H,1-3H3,(H,15,17). The van der Waals surface area contributed by atoms with Crippen molar-refractivity contribution >= 4 is 23.0 Å². The van der Waals surface area contributed by atoms with Crippen molar-refractivity contribution < 1.29 is 4.39 Å². The quantitative estimate of drug-likeness (QED) is 0.771. The third-order valence-corrected chi connectivity index (χ3v) is 2.91. The summed E-state index contributed by atoms with van der Waals surface area (Å²) in [5.74, 6) is -0.261. The Bertz CT molecular complexity index is 494. The Morgan fingerprint density at radius 2 is 2.06 bits per heavy atom. The summed E-state index contributed by atoms with van der Waals surface area (Å²) in [4.78, 5) is 1.84. The van der Waals surface area contributed by atoms with Gasteiger partial charge in [-0.1, -0.05) is 6.07 Å². The minimum atomic E-state index is -0.261. The average molecular weight is 250 g/mol. The van der Waals surface area contributed by atoms with Gasteiger partial charge in [-0.15, -0.1) is 0 Å². The molecule has 17 heavy (non-hydrogen) atoms. The molecule has 0 spiro atoms. The highest BCUT2D eigenvalue weighted by molar-refractivity contribution is 7.80. The SMILES string of the molecule is CC1=CC(C)(C)NC(=S)N1c1cccc(F)c1. The van der Waals surface area contributed by atoms with Gasteiger partial charge >= 0.3 is 0 Å². The lowest BCUT2D eigenvalue weighted by molar-refractivity contribution is 0.559. The van der Waals surface area contributed by atoms with Crippen molar-refractivity contribution in [2.45, 2.75) is 26.3 Å². The van der Waals surface area contributed by atoms with E-state index in [2.05, 4.69) is 11.4 Å². The van der Waals surface area contributed by atoms with Gasteiger partial charge in [0, 0.05) is 5.70 Å². The molecular formula is C13H15FN2S. The number of hydrogen-bond acceptors (Lipinski definition) is 1. The minimum Gasteiger partial charge on any atom is -0.354 e. The maximum Gasteiger partial charge on any atom is 0.178 e. The average Bonchev–Trinajstić information content (AvgIpc) is 2.13. The highest BCUT2D eigenvalue weighted by atomic mass is 32.1. The molecule has 0 fully saturated rings. The van der Waals surface area contributed by atoms with Crippen LogP contribution in [0.1, 0.15) is 20.8 Å². The van der Waals surface area contributed by atoms with Crippen LogP contribution in [-0.4, -0.2) is 10.7 Å². The first-order valence-electron chi connectivity index (χ1n) is 5.46. The van der Waals surface area contributed by atoms with E-state index in [1.807, 2.05) is 31.7 Å². The molecule has 0 aliphatic carbocycles. The van der Waals surface area contributed by atoms with E-state index in [0.29, 0.717) is 5.11 Å². The largest absolute Gasteiger partial charge is 0.354 e. The molecule has 4 heteroatoms. The summed E-state index contributed by atoms with van der Waals surface area (Å²) in [6.45, 7) is 6.07. The molecule has 0 saturated carbocycles. The normalized spacial score (nSPS) is 18.7. The molecular weight excluding hydrogens is 235 g/mol. The third kappa shape index (κ3) is 2.47.